The molecule has 0 atom stereocenters. The van der Waals surface area contributed by atoms with Crippen molar-refractivity contribution < 1.29 is 13.2 Å². The SMILES string of the molecule is CC.Cc1ccccc1NC(=O)NS(C)(=O)=O. The number of hydrogen-bond donors (Lipinski definition) is 2. The standard InChI is InChI=1S/C9H12N2O3S.C2H6/c1-7-5-3-4-6-8(7)10-9(12)11-15(2,13)14;1-2/h3-6H,1-2H3,(H2,10,11,12);1-2H3. The molecule has 17 heavy (non-hydrogen) atoms. The van der Waals surface area contributed by atoms with Crippen LogP contribution in [0, 0.1) is 6.92 Å². The first-order chi connectivity index (χ1) is 7.88. The lowest BCUT2D eigenvalue weighted by atomic mass is 10.2. The van der Waals surface area contributed by atoms with Crippen molar-refractivity contribution in [3.63, 3.8) is 0 Å². The highest BCUT2D eigenvalue weighted by molar-refractivity contribution is 7.89. The average molecular weight is 258 g/mol. The largest absolute Gasteiger partial charge is 0.332 e. The number of anilines is 1. The Labute approximate surface area is 102 Å². The third-order valence-electron chi connectivity index (χ3n) is 1.67. The van der Waals surface area contributed by atoms with Crippen LogP contribution in [0.3, 0.4) is 0 Å². The summed E-state index contributed by atoms with van der Waals surface area (Å²) >= 11 is 0. The van der Waals surface area contributed by atoms with Crippen LogP contribution >= 0.6 is 0 Å². The minimum absolute atomic E-state index is 0.582. The molecule has 1 aromatic carbocycles. The summed E-state index contributed by atoms with van der Waals surface area (Å²) in [6.07, 6.45) is 0.921. The summed E-state index contributed by atoms with van der Waals surface area (Å²) in [5.41, 5.74) is 1.44. The summed E-state index contributed by atoms with van der Waals surface area (Å²) in [5, 5.41) is 2.44. The fraction of sp³-hybridized carbons (Fsp3) is 0.364. The molecule has 0 aliphatic rings. The summed E-state index contributed by atoms with van der Waals surface area (Å²) in [5.74, 6) is 0. The predicted octanol–water partition coefficient (Wildman–Crippen LogP) is 2.10. The first kappa shape index (κ1) is 15.4. The Morgan fingerprint density at radius 3 is 2.18 bits per heavy atom. The number of urea groups is 1. The van der Waals surface area contributed by atoms with E-state index in [1.54, 1.807) is 12.1 Å². The molecule has 0 radical (unpaired) electrons. The van der Waals surface area contributed by atoms with Gasteiger partial charge in [-0.2, -0.15) is 0 Å². The number of hydrogen-bond acceptors (Lipinski definition) is 3. The number of benzene rings is 1. The molecule has 1 rings (SSSR count). The van der Waals surface area contributed by atoms with E-state index in [9.17, 15) is 13.2 Å². The second kappa shape index (κ2) is 6.90. The summed E-state index contributed by atoms with van der Waals surface area (Å²) in [6, 6.07) is 6.33. The molecule has 0 heterocycles. The maximum atomic E-state index is 11.2. The van der Waals surface area contributed by atoms with Crippen LogP contribution in [0.1, 0.15) is 19.4 Å². The number of nitrogens with one attached hydrogen (secondary N) is 2. The molecule has 0 saturated heterocycles. The third kappa shape index (κ3) is 6.57. The van der Waals surface area contributed by atoms with Crippen LogP contribution < -0.4 is 10.0 Å². The fourth-order valence-electron chi connectivity index (χ4n) is 1.03. The van der Waals surface area contributed by atoms with Crippen molar-refractivity contribution in [3.8, 4) is 0 Å². The molecule has 5 nitrogen and oxygen atoms in total. The average Bonchev–Trinajstić information content (AvgIpc) is 2.22. The molecule has 0 aliphatic heterocycles. The smallest absolute Gasteiger partial charge is 0.307 e. The Morgan fingerprint density at radius 1 is 1.18 bits per heavy atom. The van der Waals surface area contributed by atoms with Gasteiger partial charge in [-0.15, -0.1) is 0 Å². The van der Waals surface area contributed by atoms with Crippen LogP contribution in [0.2, 0.25) is 0 Å². The van der Waals surface area contributed by atoms with Crippen molar-refractivity contribution in [1.29, 1.82) is 0 Å². The van der Waals surface area contributed by atoms with Crippen LogP contribution in [-0.4, -0.2) is 20.7 Å². The number of amides is 2. The topological polar surface area (TPSA) is 75.3 Å². The van der Waals surface area contributed by atoms with Gasteiger partial charge in [-0.3, -0.25) is 0 Å². The number of para-hydroxylation sites is 1. The highest BCUT2D eigenvalue weighted by Gasteiger charge is 2.08. The summed E-state index contributed by atoms with van der Waals surface area (Å²) in [6.45, 7) is 5.82. The van der Waals surface area contributed by atoms with Crippen LogP contribution in [0.25, 0.3) is 0 Å². The monoisotopic (exact) mass is 258 g/mol. The van der Waals surface area contributed by atoms with Crippen LogP contribution in [0.4, 0.5) is 10.5 Å². The van der Waals surface area contributed by atoms with E-state index in [2.05, 4.69) is 5.32 Å². The van der Waals surface area contributed by atoms with Gasteiger partial charge in [0.15, 0.2) is 0 Å². The van der Waals surface area contributed by atoms with E-state index >= 15 is 0 Å². The Morgan fingerprint density at radius 2 is 1.71 bits per heavy atom. The Balaban J connectivity index is 0.00000121. The van der Waals surface area contributed by atoms with Gasteiger partial charge in [0, 0.05) is 5.69 Å². The maximum Gasteiger partial charge on any atom is 0.332 e. The second-order valence-corrected chi connectivity index (χ2v) is 4.89. The molecule has 0 spiro atoms. The molecule has 0 bridgehead atoms. The number of carbonyl (C=O) groups excluding carboxylic acids is 1. The Hall–Kier alpha value is -1.56. The van der Waals surface area contributed by atoms with Crippen molar-refractivity contribution in [1.82, 2.24) is 4.72 Å². The van der Waals surface area contributed by atoms with E-state index in [0.717, 1.165) is 11.8 Å². The predicted molar refractivity (Wildman–Crippen MR) is 69.5 cm³/mol. The lowest BCUT2D eigenvalue weighted by Gasteiger charge is -2.07. The van der Waals surface area contributed by atoms with E-state index in [-0.39, 0.29) is 0 Å². The lowest BCUT2D eigenvalue weighted by Crippen LogP contribution is -2.33. The van der Waals surface area contributed by atoms with Gasteiger partial charge in [-0.1, -0.05) is 32.0 Å². The van der Waals surface area contributed by atoms with E-state index in [4.69, 9.17) is 0 Å². The zero-order valence-electron chi connectivity index (χ0n) is 10.4. The molecule has 0 unspecified atom stereocenters. The van der Waals surface area contributed by atoms with E-state index < -0.39 is 16.1 Å². The highest BCUT2D eigenvalue weighted by atomic mass is 32.2. The van der Waals surface area contributed by atoms with Crippen molar-refractivity contribution in [2.75, 3.05) is 11.6 Å². The van der Waals surface area contributed by atoms with Gasteiger partial charge in [-0.25, -0.2) is 17.9 Å². The molecular weight excluding hydrogens is 240 g/mol. The summed E-state index contributed by atoms with van der Waals surface area (Å²) in [7, 11) is -3.52. The lowest BCUT2D eigenvalue weighted by molar-refractivity contribution is 0.256. The van der Waals surface area contributed by atoms with E-state index in [1.165, 1.54) is 0 Å². The fourth-order valence-corrected chi connectivity index (χ4v) is 1.42. The zero-order valence-corrected chi connectivity index (χ0v) is 11.3. The van der Waals surface area contributed by atoms with E-state index in [0.29, 0.717) is 5.69 Å². The van der Waals surface area contributed by atoms with Gasteiger partial charge in [0.25, 0.3) is 0 Å². The Bertz CT molecular complexity index is 469. The second-order valence-electron chi connectivity index (χ2n) is 3.14. The van der Waals surface area contributed by atoms with Crippen LogP contribution in [0.15, 0.2) is 24.3 Å². The third-order valence-corrected chi connectivity index (χ3v) is 2.23. The number of sulfonamides is 1. The number of carbonyl (C=O) groups is 1. The van der Waals surface area contributed by atoms with Crippen molar-refractivity contribution in [3.05, 3.63) is 29.8 Å². The molecule has 0 aliphatic carbocycles. The molecule has 2 amide bonds. The molecule has 6 heteroatoms. The molecule has 0 fully saturated rings. The minimum atomic E-state index is -3.52. The quantitative estimate of drug-likeness (QED) is 0.853. The first-order valence-electron chi connectivity index (χ1n) is 5.23. The number of aryl methyl sites for hydroxylation is 1. The van der Waals surface area contributed by atoms with Gasteiger partial charge in [0.05, 0.1) is 6.26 Å². The van der Waals surface area contributed by atoms with Gasteiger partial charge in [0.2, 0.25) is 10.0 Å². The maximum absolute atomic E-state index is 11.2. The minimum Gasteiger partial charge on any atom is -0.307 e. The number of rotatable bonds is 2. The zero-order chi connectivity index (χ0) is 13.5. The molecule has 0 saturated carbocycles. The van der Waals surface area contributed by atoms with Crippen LogP contribution in [0.5, 0.6) is 0 Å². The molecule has 2 N–H and O–H groups in total. The summed E-state index contributed by atoms with van der Waals surface area (Å²) < 4.78 is 23.3. The molecule has 96 valence electrons. The normalized spacial score (nSPS) is 9.88. The Kier molecular flexibility index (Phi) is 6.27. The van der Waals surface area contributed by atoms with Gasteiger partial charge >= 0.3 is 6.03 Å². The molecule has 0 aromatic heterocycles. The van der Waals surface area contributed by atoms with Gasteiger partial charge in [0.1, 0.15) is 0 Å². The molecular formula is C11H18N2O3S. The summed E-state index contributed by atoms with van der Waals surface area (Å²) in [4.78, 5) is 11.2. The highest BCUT2D eigenvalue weighted by Crippen LogP contribution is 2.12. The van der Waals surface area contributed by atoms with Gasteiger partial charge in [-0.05, 0) is 18.6 Å². The van der Waals surface area contributed by atoms with Crippen molar-refractivity contribution >= 4 is 21.7 Å². The van der Waals surface area contributed by atoms with Crippen LogP contribution in [-0.2, 0) is 10.0 Å². The van der Waals surface area contributed by atoms with Crippen molar-refractivity contribution in [2.45, 2.75) is 20.8 Å². The van der Waals surface area contributed by atoms with Gasteiger partial charge < -0.3 is 5.32 Å². The molecule has 1 aromatic rings. The van der Waals surface area contributed by atoms with E-state index in [1.807, 2.05) is 37.6 Å². The first-order valence-corrected chi connectivity index (χ1v) is 7.12. The van der Waals surface area contributed by atoms with Crippen molar-refractivity contribution in [2.24, 2.45) is 0 Å².